The third-order valence-corrected chi connectivity index (χ3v) is 3.48. The molecule has 0 unspecified atom stereocenters. The van der Waals surface area contributed by atoms with E-state index < -0.39 is 11.7 Å². The van der Waals surface area contributed by atoms with Gasteiger partial charge in [-0.15, -0.1) is 24.0 Å². The zero-order valence-corrected chi connectivity index (χ0v) is 21.1. The van der Waals surface area contributed by atoms with Crippen LogP contribution in [0.25, 0.3) is 0 Å². The van der Waals surface area contributed by atoms with Crippen LogP contribution in [0.1, 0.15) is 40.5 Å². The predicted molar refractivity (Wildman–Crippen MR) is 132 cm³/mol. The summed E-state index contributed by atoms with van der Waals surface area (Å²) in [5.74, 6) is 1.48. The molecule has 9 heteroatoms. The second-order valence-corrected chi connectivity index (χ2v) is 7.39. The molecule has 0 atom stereocenters. The minimum atomic E-state index is -0.494. The summed E-state index contributed by atoms with van der Waals surface area (Å²) >= 11 is 0. The molecule has 1 amide bonds. The lowest BCUT2D eigenvalue weighted by atomic mass is 10.2. The van der Waals surface area contributed by atoms with Gasteiger partial charge in [0.15, 0.2) is 5.96 Å². The van der Waals surface area contributed by atoms with Crippen molar-refractivity contribution in [1.29, 1.82) is 0 Å². The molecule has 0 spiro atoms. The van der Waals surface area contributed by atoms with Crippen LogP contribution in [-0.2, 0) is 9.47 Å². The number of aliphatic imine (C=N–C) groups is 1. The largest absolute Gasteiger partial charge is 0.493 e. The maximum absolute atomic E-state index is 11.6. The molecule has 0 fully saturated rings. The van der Waals surface area contributed by atoms with Gasteiger partial charge in [0, 0.05) is 51.5 Å². The molecule has 0 saturated heterocycles. The smallest absolute Gasteiger partial charge is 0.407 e. The molecule has 1 aromatic rings. The SMILES string of the molecule is CCNC(=NCCCNC(=O)OC(C)(C)C)Nc1cccc(OCCCOC)c1.I. The van der Waals surface area contributed by atoms with Gasteiger partial charge in [-0.3, -0.25) is 4.99 Å². The highest BCUT2D eigenvalue weighted by Crippen LogP contribution is 2.17. The predicted octanol–water partition coefficient (Wildman–Crippen LogP) is 4.01. The van der Waals surface area contributed by atoms with Crippen molar-refractivity contribution in [1.82, 2.24) is 10.6 Å². The molecule has 8 nitrogen and oxygen atoms in total. The maximum Gasteiger partial charge on any atom is 0.407 e. The van der Waals surface area contributed by atoms with Crippen LogP contribution >= 0.6 is 24.0 Å². The minimum Gasteiger partial charge on any atom is -0.493 e. The molecule has 3 N–H and O–H groups in total. The second-order valence-electron chi connectivity index (χ2n) is 7.39. The Morgan fingerprint density at radius 1 is 1.13 bits per heavy atom. The number of hydrogen-bond acceptors (Lipinski definition) is 5. The molecule has 0 aliphatic carbocycles. The summed E-state index contributed by atoms with van der Waals surface area (Å²) in [6, 6.07) is 7.75. The summed E-state index contributed by atoms with van der Waals surface area (Å²) in [6.07, 6.45) is 1.14. The zero-order chi connectivity index (χ0) is 21.5. The van der Waals surface area contributed by atoms with E-state index in [1.165, 1.54) is 0 Å². The first kappa shape index (κ1) is 28.2. The van der Waals surface area contributed by atoms with E-state index in [2.05, 4.69) is 20.9 Å². The van der Waals surface area contributed by atoms with E-state index >= 15 is 0 Å². The fourth-order valence-electron chi connectivity index (χ4n) is 2.28. The Morgan fingerprint density at radius 2 is 1.90 bits per heavy atom. The van der Waals surface area contributed by atoms with Crippen molar-refractivity contribution >= 4 is 41.7 Å². The summed E-state index contributed by atoms with van der Waals surface area (Å²) in [4.78, 5) is 16.2. The average molecular weight is 536 g/mol. The van der Waals surface area contributed by atoms with Gasteiger partial charge in [0.25, 0.3) is 0 Å². The second kappa shape index (κ2) is 16.0. The number of rotatable bonds is 11. The quantitative estimate of drug-likeness (QED) is 0.171. The molecule has 0 radical (unpaired) electrons. The first-order chi connectivity index (χ1) is 13.8. The van der Waals surface area contributed by atoms with Crippen molar-refractivity contribution in [3.8, 4) is 5.75 Å². The van der Waals surface area contributed by atoms with E-state index in [0.29, 0.717) is 38.7 Å². The Labute approximate surface area is 197 Å². The van der Waals surface area contributed by atoms with Crippen molar-refractivity contribution < 1.29 is 19.0 Å². The summed E-state index contributed by atoms with van der Waals surface area (Å²) in [5.41, 5.74) is 0.396. The van der Waals surface area contributed by atoms with Gasteiger partial charge >= 0.3 is 6.09 Å². The Balaban J connectivity index is 0.00000841. The van der Waals surface area contributed by atoms with Crippen LogP contribution < -0.4 is 20.7 Å². The van der Waals surface area contributed by atoms with Gasteiger partial charge < -0.3 is 30.2 Å². The molecule has 0 aliphatic heterocycles. The van der Waals surface area contributed by atoms with Crippen LogP contribution in [-0.4, -0.2) is 57.6 Å². The molecule has 1 rings (SSSR count). The van der Waals surface area contributed by atoms with Crippen LogP contribution in [0.4, 0.5) is 10.5 Å². The number of ether oxygens (including phenoxy) is 3. The number of nitrogens with one attached hydrogen (secondary N) is 3. The fourth-order valence-corrected chi connectivity index (χ4v) is 2.28. The molecule has 172 valence electrons. The van der Waals surface area contributed by atoms with Crippen LogP contribution in [0.2, 0.25) is 0 Å². The van der Waals surface area contributed by atoms with Crippen molar-refractivity contribution in [3.05, 3.63) is 24.3 Å². The fraction of sp³-hybridized carbons (Fsp3) is 0.619. The Hall–Kier alpha value is -1.75. The van der Waals surface area contributed by atoms with Crippen molar-refractivity contribution in [2.45, 2.75) is 46.1 Å². The highest BCUT2D eigenvalue weighted by molar-refractivity contribution is 14.0. The number of carbonyl (C=O) groups is 1. The average Bonchev–Trinajstić information content (AvgIpc) is 2.64. The van der Waals surface area contributed by atoms with Gasteiger partial charge in [-0.2, -0.15) is 0 Å². The van der Waals surface area contributed by atoms with Crippen LogP contribution in [0.15, 0.2) is 29.3 Å². The summed E-state index contributed by atoms with van der Waals surface area (Å²) < 4.78 is 16.0. The molecule has 0 bridgehead atoms. The minimum absolute atomic E-state index is 0. The number of guanidine groups is 1. The monoisotopic (exact) mass is 536 g/mol. The summed E-state index contributed by atoms with van der Waals surface area (Å²) in [5, 5.41) is 9.22. The van der Waals surface area contributed by atoms with Crippen molar-refractivity contribution in [2.24, 2.45) is 4.99 Å². The number of carbonyl (C=O) groups excluding carboxylic acids is 1. The normalized spacial score (nSPS) is 11.3. The number of alkyl carbamates (subject to hydrolysis) is 1. The summed E-state index contributed by atoms with van der Waals surface area (Å²) in [7, 11) is 1.68. The van der Waals surface area contributed by atoms with Gasteiger partial charge in [-0.05, 0) is 46.2 Å². The number of nitrogens with zero attached hydrogens (tertiary/aromatic N) is 1. The zero-order valence-electron chi connectivity index (χ0n) is 18.7. The van der Waals surface area contributed by atoms with Crippen LogP contribution in [0.5, 0.6) is 5.75 Å². The number of amides is 1. The van der Waals surface area contributed by atoms with Gasteiger partial charge in [-0.1, -0.05) is 6.07 Å². The van der Waals surface area contributed by atoms with Gasteiger partial charge in [0.05, 0.1) is 6.61 Å². The molecule has 1 aromatic carbocycles. The first-order valence-electron chi connectivity index (χ1n) is 10.1. The van der Waals surface area contributed by atoms with E-state index in [1.54, 1.807) is 7.11 Å². The van der Waals surface area contributed by atoms with E-state index in [1.807, 2.05) is 52.0 Å². The maximum atomic E-state index is 11.6. The molecule has 0 aromatic heterocycles. The van der Waals surface area contributed by atoms with E-state index in [9.17, 15) is 4.79 Å². The van der Waals surface area contributed by atoms with Gasteiger partial charge in [-0.25, -0.2) is 4.79 Å². The lowest BCUT2D eigenvalue weighted by Crippen LogP contribution is -2.33. The third kappa shape index (κ3) is 14.3. The Bertz CT molecular complexity index is 636. The lowest BCUT2D eigenvalue weighted by Gasteiger charge is -2.19. The van der Waals surface area contributed by atoms with Gasteiger partial charge in [0.2, 0.25) is 0 Å². The molecule has 0 heterocycles. The highest BCUT2D eigenvalue weighted by atomic mass is 127. The first-order valence-corrected chi connectivity index (χ1v) is 10.1. The van der Waals surface area contributed by atoms with Gasteiger partial charge in [0.1, 0.15) is 11.4 Å². The molecule has 0 aliphatic rings. The van der Waals surface area contributed by atoms with E-state index in [0.717, 1.165) is 24.4 Å². The summed E-state index contributed by atoms with van der Waals surface area (Å²) in [6.45, 7) is 10.6. The van der Waals surface area contributed by atoms with Crippen LogP contribution in [0, 0.1) is 0 Å². The van der Waals surface area contributed by atoms with Crippen molar-refractivity contribution in [3.63, 3.8) is 0 Å². The number of hydrogen-bond donors (Lipinski definition) is 3. The number of anilines is 1. The van der Waals surface area contributed by atoms with E-state index in [4.69, 9.17) is 14.2 Å². The topological polar surface area (TPSA) is 93.2 Å². The van der Waals surface area contributed by atoms with Crippen molar-refractivity contribution in [2.75, 3.05) is 45.3 Å². The molecular formula is C21H37IN4O4. The molecule has 0 saturated carbocycles. The van der Waals surface area contributed by atoms with E-state index in [-0.39, 0.29) is 24.0 Å². The Kier molecular flexibility index (Phi) is 15.1. The highest BCUT2D eigenvalue weighted by Gasteiger charge is 2.15. The number of methoxy groups -OCH3 is 1. The molecular weight excluding hydrogens is 499 g/mol. The standard InChI is InChI=1S/C21H36N4O4.HI/c1-6-22-19(23-12-8-13-24-20(26)29-21(2,3)4)25-17-10-7-11-18(16-17)28-15-9-14-27-5;/h7,10-11,16H,6,8-9,12-15H2,1-5H3,(H,24,26)(H2,22,23,25);1H. The molecule has 30 heavy (non-hydrogen) atoms. The number of halogens is 1. The number of benzene rings is 1. The lowest BCUT2D eigenvalue weighted by molar-refractivity contribution is 0.0527. The third-order valence-electron chi connectivity index (χ3n) is 3.48. The van der Waals surface area contributed by atoms with Crippen LogP contribution in [0.3, 0.4) is 0 Å². The Morgan fingerprint density at radius 3 is 2.57 bits per heavy atom.